The van der Waals surface area contributed by atoms with Crippen LogP contribution >= 0.6 is 23.4 Å². The van der Waals surface area contributed by atoms with E-state index in [-0.39, 0.29) is 24.8 Å². The largest absolute Gasteiger partial charge is 0.465 e. The summed E-state index contributed by atoms with van der Waals surface area (Å²) in [5.41, 5.74) is 0.825. The van der Waals surface area contributed by atoms with E-state index in [1.165, 1.54) is 11.8 Å². The molecule has 0 spiro atoms. The molecule has 2 rings (SSSR count). The van der Waals surface area contributed by atoms with Crippen LogP contribution in [0.15, 0.2) is 42.1 Å². The number of rotatable bonds is 9. The van der Waals surface area contributed by atoms with Crippen LogP contribution in [0.2, 0.25) is 5.02 Å². The second-order valence-corrected chi connectivity index (χ2v) is 6.47. The first-order chi connectivity index (χ1) is 12.5. The Morgan fingerprint density at radius 3 is 2.92 bits per heavy atom. The molecular weight excluding hydrogens is 376 g/mol. The maximum Gasteiger partial charge on any atom is 0.325 e. The molecular formula is C17H19ClN4O3S. The van der Waals surface area contributed by atoms with Crippen molar-refractivity contribution in [3.05, 3.63) is 41.9 Å². The van der Waals surface area contributed by atoms with Crippen molar-refractivity contribution < 1.29 is 14.3 Å². The number of carbonyl (C=O) groups excluding carboxylic acids is 2. The summed E-state index contributed by atoms with van der Waals surface area (Å²) in [5.74, 6) is -0.0178. The summed E-state index contributed by atoms with van der Waals surface area (Å²) in [6, 6.07) is 7.30. The smallest absolute Gasteiger partial charge is 0.325 e. The monoisotopic (exact) mass is 394 g/mol. The van der Waals surface area contributed by atoms with Gasteiger partial charge in [0.2, 0.25) is 5.91 Å². The second kappa shape index (κ2) is 9.98. The van der Waals surface area contributed by atoms with Gasteiger partial charge in [-0.2, -0.15) is 0 Å². The van der Waals surface area contributed by atoms with E-state index in [1.54, 1.807) is 25.1 Å². The molecule has 138 valence electrons. The van der Waals surface area contributed by atoms with Crippen molar-refractivity contribution in [2.75, 3.05) is 18.9 Å². The molecule has 0 aliphatic carbocycles. The zero-order chi connectivity index (χ0) is 18.9. The van der Waals surface area contributed by atoms with Crippen molar-refractivity contribution >= 4 is 35.2 Å². The minimum absolute atomic E-state index is 0.101. The van der Waals surface area contributed by atoms with Crippen molar-refractivity contribution in [2.45, 2.75) is 18.6 Å². The molecule has 26 heavy (non-hydrogen) atoms. The van der Waals surface area contributed by atoms with E-state index in [0.29, 0.717) is 22.5 Å². The number of thioether (sulfide) groups is 1. The molecule has 2 aromatic rings. The summed E-state index contributed by atoms with van der Waals surface area (Å²) in [6.07, 6.45) is 1.72. The van der Waals surface area contributed by atoms with Crippen LogP contribution in [0.3, 0.4) is 0 Å². The summed E-state index contributed by atoms with van der Waals surface area (Å²) in [6.45, 7) is 6.07. The predicted octanol–water partition coefficient (Wildman–Crippen LogP) is 2.56. The van der Waals surface area contributed by atoms with Crippen LogP contribution in [0, 0.1) is 0 Å². The van der Waals surface area contributed by atoms with Crippen molar-refractivity contribution in [3.8, 4) is 11.4 Å². The van der Waals surface area contributed by atoms with Gasteiger partial charge in [0.25, 0.3) is 0 Å². The molecule has 9 heteroatoms. The van der Waals surface area contributed by atoms with E-state index < -0.39 is 5.97 Å². The number of ether oxygens (including phenoxy) is 1. The standard InChI is InChI=1S/C17H19ClN4O3S/c1-3-8-22-16(12-6-5-7-13(18)9-12)20-21-17(22)26-11-14(23)19-10-15(24)25-4-2/h3,5-7,9H,1,4,8,10-11H2,2H3,(H,19,23). The molecule has 1 N–H and O–H groups in total. The average molecular weight is 395 g/mol. The fourth-order valence-corrected chi connectivity index (χ4v) is 3.06. The zero-order valence-electron chi connectivity index (χ0n) is 14.3. The molecule has 0 unspecified atom stereocenters. The highest BCUT2D eigenvalue weighted by Crippen LogP contribution is 2.25. The van der Waals surface area contributed by atoms with Gasteiger partial charge in [0.05, 0.1) is 12.4 Å². The van der Waals surface area contributed by atoms with E-state index in [4.69, 9.17) is 16.3 Å². The van der Waals surface area contributed by atoms with Gasteiger partial charge in [0.1, 0.15) is 6.54 Å². The van der Waals surface area contributed by atoms with E-state index in [9.17, 15) is 9.59 Å². The number of halogens is 1. The number of carbonyl (C=O) groups is 2. The molecule has 0 bridgehead atoms. The third-order valence-electron chi connectivity index (χ3n) is 3.18. The topological polar surface area (TPSA) is 86.1 Å². The van der Waals surface area contributed by atoms with Crippen molar-refractivity contribution in [1.82, 2.24) is 20.1 Å². The highest BCUT2D eigenvalue weighted by Gasteiger charge is 2.15. The molecule has 0 aliphatic heterocycles. The second-order valence-electron chi connectivity index (χ2n) is 5.09. The van der Waals surface area contributed by atoms with Crippen molar-refractivity contribution in [2.24, 2.45) is 0 Å². The Hall–Kier alpha value is -2.32. The zero-order valence-corrected chi connectivity index (χ0v) is 15.8. The number of hydrogen-bond donors (Lipinski definition) is 1. The molecule has 1 aromatic carbocycles. The molecule has 1 aromatic heterocycles. The number of esters is 1. The van der Waals surface area contributed by atoms with Crippen molar-refractivity contribution in [3.63, 3.8) is 0 Å². The van der Waals surface area contributed by atoms with Crippen LogP contribution < -0.4 is 5.32 Å². The Kier molecular flexibility index (Phi) is 7.68. The lowest BCUT2D eigenvalue weighted by molar-refractivity contribution is -0.143. The van der Waals surface area contributed by atoms with E-state index >= 15 is 0 Å². The van der Waals surface area contributed by atoms with Crippen LogP contribution in [0.4, 0.5) is 0 Å². The van der Waals surface area contributed by atoms with Gasteiger partial charge < -0.3 is 10.1 Å². The van der Waals surface area contributed by atoms with Crippen LogP contribution in [-0.2, 0) is 20.9 Å². The Morgan fingerprint density at radius 2 is 2.23 bits per heavy atom. The molecule has 1 heterocycles. The third-order valence-corrected chi connectivity index (χ3v) is 4.38. The molecule has 1 amide bonds. The van der Waals surface area contributed by atoms with Gasteiger partial charge in [0, 0.05) is 17.1 Å². The van der Waals surface area contributed by atoms with Gasteiger partial charge in [-0.25, -0.2) is 0 Å². The summed E-state index contributed by atoms with van der Waals surface area (Å²) >= 11 is 7.27. The van der Waals surface area contributed by atoms with Gasteiger partial charge in [-0.15, -0.1) is 16.8 Å². The Labute approximate surface area is 160 Å². The van der Waals surface area contributed by atoms with Gasteiger partial charge in [-0.05, 0) is 19.1 Å². The molecule has 7 nitrogen and oxygen atoms in total. The Balaban J connectivity index is 2.04. The summed E-state index contributed by atoms with van der Waals surface area (Å²) in [7, 11) is 0. The van der Waals surface area contributed by atoms with Gasteiger partial charge in [0.15, 0.2) is 11.0 Å². The lowest BCUT2D eigenvalue weighted by atomic mass is 10.2. The van der Waals surface area contributed by atoms with Gasteiger partial charge in [-0.1, -0.05) is 41.6 Å². The highest BCUT2D eigenvalue weighted by molar-refractivity contribution is 7.99. The quantitative estimate of drug-likeness (QED) is 0.399. The fraction of sp³-hybridized carbons (Fsp3) is 0.294. The number of nitrogens with zero attached hydrogens (tertiary/aromatic N) is 3. The van der Waals surface area contributed by atoms with Crippen LogP contribution in [0.1, 0.15) is 6.92 Å². The lowest BCUT2D eigenvalue weighted by Crippen LogP contribution is -2.31. The fourth-order valence-electron chi connectivity index (χ4n) is 2.09. The first kappa shape index (κ1) is 20.0. The molecule has 0 aliphatic rings. The lowest BCUT2D eigenvalue weighted by Gasteiger charge is -2.08. The highest BCUT2D eigenvalue weighted by atomic mass is 35.5. The van der Waals surface area contributed by atoms with Gasteiger partial charge in [-0.3, -0.25) is 14.2 Å². The van der Waals surface area contributed by atoms with E-state index in [0.717, 1.165) is 5.56 Å². The third kappa shape index (κ3) is 5.60. The summed E-state index contributed by atoms with van der Waals surface area (Å²) in [4.78, 5) is 23.1. The number of nitrogens with one attached hydrogen (secondary N) is 1. The van der Waals surface area contributed by atoms with Crippen LogP contribution in [0.25, 0.3) is 11.4 Å². The summed E-state index contributed by atoms with van der Waals surface area (Å²) in [5, 5.41) is 12.0. The molecule has 0 saturated heterocycles. The van der Waals surface area contributed by atoms with Crippen molar-refractivity contribution in [1.29, 1.82) is 0 Å². The number of benzene rings is 1. The van der Waals surface area contributed by atoms with Crippen LogP contribution in [0.5, 0.6) is 0 Å². The maximum atomic E-state index is 11.9. The minimum Gasteiger partial charge on any atom is -0.465 e. The Bertz CT molecular complexity index is 794. The van der Waals surface area contributed by atoms with E-state index in [1.807, 2.05) is 16.7 Å². The average Bonchev–Trinajstić information content (AvgIpc) is 3.01. The molecule has 0 fully saturated rings. The normalized spacial score (nSPS) is 10.4. The number of hydrogen-bond acceptors (Lipinski definition) is 6. The minimum atomic E-state index is -0.469. The maximum absolute atomic E-state index is 11.9. The predicted molar refractivity (Wildman–Crippen MR) is 101 cm³/mol. The number of amides is 1. The van der Waals surface area contributed by atoms with Crippen LogP contribution in [-0.4, -0.2) is 45.5 Å². The molecule has 0 radical (unpaired) electrons. The van der Waals surface area contributed by atoms with E-state index in [2.05, 4.69) is 22.1 Å². The number of aromatic nitrogens is 3. The van der Waals surface area contributed by atoms with Gasteiger partial charge >= 0.3 is 5.97 Å². The number of allylic oxidation sites excluding steroid dienone is 1. The first-order valence-electron chi connectivity index (χ1n) is 7.90. The molecule has 0 atom stereocenters. The SMILES string of the molecule is C=CCn1c(SCC(=O)NCC(=O)OCC)nnc1-c1cccc(Cl)c1. The first-order valence-corrected chi connectivity index (χ1v) is 9.26. The molecule has 0 saturated carbocycles. The summed E-state index contributed by atoms with van der Waals surface area (Å²) < 4.78 is 6.61. The Morgan fingerprint density at radius 1 is 1.42 bits per heavy atom.